The molecule has 0 radical (unpaired) electrons. The van der Waals surface area contributed by atoms with Gasteiger partial charge >= 0.3 is 0 Å². The number of unbranched alkanes of at least 4 members (excludes halogenated alkanes) is 7. The van der Waals surface area contributed by atoms with Crippen LogP contribution in [-0.2, 0) is 0 Å². The first-order chi connectivity index (χ1) is 13.7. The fourth-order valence-electron chi connectivity index (χ4n) is 3.29. The van der Waals surface area contributed by atoms with Crippen LogP contribution in [-0.4, -0.2) is 28.3 Å². The van der Waals surface area contributed by atoms with E-state index in [1.807, 2.05) is 12.1 Å². The van der Waals surface area contributed by atoms with Crippen molar-refractivity contribution in [3.05, 3.63) is 42.2 Å². The van der Waals surface area contributed by atoms with E-state index in [1.54, 1.807) is 12.4 Å². The van der Waals surface area contributed by atoms with Crippen LogP contribution in [0.15, 0.2) is 36.7 Å². The number of aromatic nitrogens is 2. The molecule has 0 bridgehead atoms. The third-order valence-electron chi connectivity index (χ3n) is 5.19. The van der Waals surface area contributed by atoms with Gasteiger partial charge in [0.1, 0.15) is 0 Å². The van der Waals surface area contributed by atoms with Crippen molar-refractivity contribution in [3.63, 3.8) is 0 Å². The lowest BCUT2D eigenvalue weighted by molar-refractivity contribution is 0.278. The van der Waals surface area contributed by atoms with E-state index < -0.39 is 0 Å². The van der Waals surface area contributed by atoms with E-state index in [2.05, 4.69) is 35.9 Å². The maximum atomic E-state index is 9.07. The first-order valence-corrected chi connectivity index (χ1v) is 10.9. The summed E-state index contributed by atoms with van der Waals surface area (Å²) >= 11 is 0. The Balaban J connectivity index is 1.70. The molecule has 0 saturated carbocycles. The van der Waals surface area contributed by atoms with Gasteiger partial charge in [-0.25, -0.2) is 9.97 Å². The summed E-state index contributed by atoms with van der Waals surface area (Å²) in [5.41, 5.74) is 2.22. The SMILES string of the molecule is CCCCCCCCCCOc1cnc(-c2ccc(C(C)CCO)cc2)nc1. The van der Waals surface area contributed by atoms with Crippen molar-refractivity contribution in [2.75, 3.05) is 13.2 Å². The Bertz CT molecular complexity index is 641. The number of ether oxygens (including phenoxy) is 1. The van der Waals surface area contributed by atoms with Crippen LogP contribution in [0.1, 0.15) is 83.1 Å². The average molecular weight is 385 g/mol. The summed E-state index contributed by atoms with van der Waals surface area (Å²) < 4.78 is 5.77. The van der Waals surface area contributed by atoms with Gasteiger partial charge in [-0.3, -0.25) is 0 Å². The fraction of sp³-hybridized carbons (Fsp3) is 0.583. The fourth-order valence-corrected chi connectivity index (χ4v) is 3.29. The second kappa shape index (κ2) is 13.3. The van der Waals surface area contributed by atoms with Gasteiger partial charge < -0.3 is 9.84 Å². The topological polar surface area (TPSA) is 55.2 Å². The Morgan fingerprint density at radius 1 is 0.893 bits per heavy atom. The number of benzene rings is 1. The monoisotopic (exact) mass is 384 g/mol. The average Bonchev–Trinajstić information content (AvgIpc) is 2.73. The van der Waals surface area contributed by atoms with Crippen LogP contribution in [0.4, 0.5) is 0 Å². The predicted molar refractivity (Wildman–Crippen MR) is 116 cm³/mol. The summed E-state index contributed by atoms with van der Waals surface area (Å²) in [4.78, 5) is 8.88. The number of hydrogen-bond donors (Lipinski definition) is 1. The van der Waals surface area contributed by atoms with Gasteiger partial charge in [-0.2, -0.15) is 0 Å². The van der Waals surface area contributed by atoms with Gasteiger partial charge in [0.05, 0.1) is 19.0 Å². The third kappa shape index (κ3) is 7.97. The highest BCUT2D eigenvalue weighted by atomic mass is 16.5. The van der Waals surface area contributed by atoms with Crippen molar-refractivity contribution in [2.45, 2.75) is 77.6 Å². The molecule has 1 aromatic heterocycles. The van der Waals surface area contributed by atoms with Crippen LogP contribution in [0.2, 0.25) is 0 Å². The molecule has 0 aliphatic heterocycles. The van der Waals surface area contributed by atoms with Gasteiger partial charge in [0, 0.05) is 12.2 Å². The van der Waals surface area contributed by atoms with Crippen LogP contribution in [0.3, 0.4) is 0 Å². The maximum Gasteiger partial charge on any atom is 0.159 e. The van der Waals surface area contributed by atoms with Crippen molar-refractivity contribution in [1.29, 1.82) is 0 Å². The predicted octanol–water partition coefficient (Wildman–Crippen LogP) is 6.15. The minimum atomic E-state index is 0.215. The van der Waals surface area contributed by atoms with Gasteiger partial charge in [0.15, 0.2) is 11.6 Å². The summed E-state index contributed by atoms with van der Waals surface area (Å²) in [7, 11) is 0. The molecule has 1 atom stereocenters. The van der Waals surface area contributed by atoms with Gasteiger partial charge in [0.25, 0.3) is 0 Å². The number of hydrogen-bond acceptors (Lipinski definition) is 4. The first kappa shape index (κ1) is 22.4. The van der Waals surface area contributed by atoms with Gasteiger partial charge in [-0.05, 0) is 24.3 Å². The molecule has 28 heavy (non-hydrogen) atoms. The molecule has 4 heteroatoms. The highest BCUT2D eigenvalue weighted by Gasteiger charge is 2.07. The van der Waals surface area contributed by atoms with Crippen LogP contribution < -0.4 is 4.74 Å². The molecule has 1 unspecified atom stereocenters. The summed E-state index contributed by atoms with van der Waals surface area (Å²) in [6, 6.07) is 8.26. The van der Waals surface area contributed by atoms with Crippen LogP contribution in [0.5, 0.6) is 5.75 Å². The largest absolute Gasteiger partial charge is 0.490 e. The number of aliphatic hydroxyl groups excluding tert-OH is 1. The summed E-state index contributed by atoms with van der Waals surface area (Å²) in [5.74, 6) is 1.80. The third-order valence-corrected chi connectivity index (χ3v) is 5.19. The molecule has 0 saturated heterocycles. The van der Waals surface area contributed by atoms with Crippen molar-refractivity contribution >= 4 is 0 Å². The lowest BCUT2D eigenvalue weighted by atomic mass is 9.97. The second-order valence-corrected chi connectivity index (χ2v) is 7.60. The highest BCUT2D eigenvalue weighted by molar-refractivity contribution is 5.55. The molecule has 0 amide bonds. The molecule has 0 aliphatic carbocycles. The number of aliphatic hydroxyl groups is 1. The molecule has 1 heterocycles. The van der Waals surface area contributed by atoms with Crippen LogP contribution in [0, 0.1) is 0 Å². The van der Waals surface area contributed by atoms with E-state index in [4.69, 9.17) is 9.84 Å². The van der Waals surface area contributed by atoms with Crippen molar-refractivity contribution in [1.82, 2.24) is 9.97 Å². The summed E-state index contributed by atoms with van der Waals surface area (Å²) in [5, 5.41) is 9.07. The minimum Gasteiger partial charge on any atom is -0.490 e. The van der Waals surface area contributed by atoms with E-state index in [9.17, 15) is 0 Å². The smallest absolute Gasteiger partial charge is 0.159 e. The van der Waals surface area contributed by atoms with E-state index in [-0.39, 0.29) is 6.61 Å². The van der Waals surface area contributed by atoms with Gasteiger partial charge in [-0.15, -0.1) is 0 Å². The molecule has 0 aliphatic rings. The van der Waals surface area contributed by atoms with Crippen molar-refractivity contribution in [2.24, 2.45) is 0 Å². The first-order valence-electron chi connectivity index (χ1n) is 10.9. The maximum absolute atomic E-state index is 9.07. The quantitative estimate of drug-likeness (QED) is 0.397. The molecule has 0 fully saturated rings. The molecule has 1 aromatic carbocycles. The molecule has 0 spiro atoms. The summed E-state index contributed by atoms with van der Waals surface area (Å²) in [6.07, 6.45) is 14.7. The van der Waals surface area contributed by atoms with E-state index in [0.29, 0.717) is 11.7 Å². The zero-order chi connectivity index (χ0) is 20.0. The molecule has 4 nitrogen and oxygen atoms in total. The molecular formula is C24H36N2O2. The number of nitrogens with zero attached hydrogens (tertiary/aromatic N) is 2. The standard InChI is InChI=1S/C24H36N2O2/c1-3-4-5-6-7-8-9-10-17-28-23-18-25-24(26-19-23)22-13-11-21(12-14-22)20(2)15-16-27/h11-14,18-20,27H,3-10,15-17H2,1-2H3. The Labute approximate surface area is 170 Å². The lowest BCUT2D eigenvalue weighted by Gasteiger charge is -2.10. The number of rotatable bonds is 14. The molecular weight excluding hydrogens is 348 g/mol. The van der Waals surface area contributed by atoms with Gasteiger partial charge in [-0.1, -0.05) is 83.1 Å². The minimum absolute atomic E-state index is 0.215. The van der Waals surface area contributed by atoms with Crippen molar-refractivity contribution in [3.8, 4) is 17.1 Å². The summed E-state index contributed by atoms with van der Waals surface area (Å²) in [6.45, 7) is 5.33. The molecule has 2 aromatic rings. The molecule has 1 N–H and O–H groups in total. The Hall–Kier alpha value is -1.94. The van der Waals surface area contributed by atoms with E-state index in [1.165, 1.54) is 50.5 Å². The molecule has 2 rings (SSSR count). The Kier molecular flexibility index (Phi) is 10.6. The zero-order valence-corrected chi connectivity index (χ0v) is 17.6. The Morgan fingerprint density at radius 3 is 2.11 bits per heavy atom. The van der Waals surface area contributed by atoms with E-state index in [0.717, 1.165) is 30.8 Å². The van der Waals surface area contributed by atoms with Crippen LogP contribution >= 0.6 is 0 Å². The van der Waals surface area contributed by atoms with Gasteiger partial charge in [0.2, 0.25) is 0 Å². The Morgan fingerprint density at radius 2 is 1.50 bits per heavy atom. The lowest BCUT2D eigenvalue weighted by Crippen LogP contribution is -1.99. The zero-order valence-electron chi connectivity index (χ0n) is 17.6. The van der Waals surface area contributed by atoms with Crippen LogP contribution in [0.25, 0.3) is 11.4 Å². The van der Waals surface area contributed by atoms with E-state index >= 15 is 0 Å². The molecule has 154 valence electrons. The normalized spacial score (nSPS) is 12.1. The van der Waals surface area contributed by atoms with Crippen molar-refractivity contribution < 1.29 is 9.84 Å². The second-order valence-electron chi connectivity index (χ2n) is 7.60. The highest BCUT2D eigenvalue weighted by Crippen LogP contribution is 2.23.